The van der Waals surface area contributed by atoms with Crippen LogP contribution in [-0.2, 0) is 9.53 Å². The predicted molar refractivity (Wildman–Crippen MR) is 69.5 cm³/mol. The van der Waals surface area contributed by atoms with Crippen LogP contribution in [-0.4, -0.2) is 18.9 Å². The van der Waals surface area contributed by atoms with Gasteiger partial charge in [0.15, 0.2) is 11.5 Å². The molecule has 0 amide bonds. The number of fused-ring (bicyclic) bond motifs is 1. The average molecular weight is 311 g/mol. The number of furan rings is 1. The van der Waals surface area contributed by atoms with Crippen molar-refractivity contribution in [2.24, 2.45) is 0 Å². The number of ether oxygens (including phenoxy) is 1. The van der Waals surface area contributed by atoms with Crippen molar-refractivity contribution in [1.29, 1.82) is 0 Å². The molecule has 0 aliphatic heterocycles. The number of rotatable bonds is 4. The van der Waals surface area contributed by atoms with Crippen LogP contribution in [0.25, 0.3) is 11.0 Å². The van der Waals surface area contributed by atoms with Crippen molar-refractivity contribution in [1.82, 2.24) is 0 Å². The Morgan fingerprint density at radius 1 is 1.28 bits per heavy atom. The molecule has 1 heterocycles. The molecule has 0 atom stereocenters. The van der Waals surface area contributed by atoms with Crippen molar-refractivity contribution in [2.45, 2.75) is 12.8 Å². The van der Waals surface area contributed by atoms with Crippen molar-refractivity contribution < 1.29 is 18.7 Å². The molecule has 4 nitrogen and oxygen atoms in total. The van der Waals surface area contributed by atoms with Gasteiger partial charge in [0.25, 0.3) is 0 Å². The normalized spacial score (nSPS) is 10.6. The van der Waals surface area contributed by atoms with E-state index in [1.807, 2.05) is 12.1 Å². The number of carbonyl (C=O) groups is 2. The van der Waals surface area contributed by atoms with E-state index in [0.717, 1.165) is 9.86 Å². The maximum Gasteiger partial charge on any atom is 0.305 e. The molecule has 0 fully saturated rings. The summed E-state index contributed by atoms with van der Waals surface area (Å²) in [6.07, 6.45) is 0.156. The molecule has 0 radical (unpaired) electrons. The molecule has 5 heteroatoms. The molecule has 0 spiro atoms. The number of hydrogen-bond acceptors (Lipinski definition) is 4. The quantitative estimate of drug-likeness (QED) is 0.642. The molecular weight excluding hydrogens is 300 g/mol. The van der Waals surface area contributed by atoms with E-state index >= 15 is 0 Å². The Morgan fingerprint density at radius 3 is 2.78 bits per heavy atom. The molecule has 0 unspecified atom stereocenters. The first-order valence-electron chi connectivity index (χ1n) is 5.39. The monoisotopic (exact) mass is 310 g/mol. The van der Waals surface area contributed by atoms with Crippen molar-refractivity contribution in [3.8, 4) is 0 Å². The van der Waals surface area contributed by atoms with E-state index in [0.29, 0.717) is 5.58 Å². The second kappa shape index (κ2) is 5.35. The fourth-order valence-electron chi connectivity index (χ4n) is 1.59. The summed E-state index contributed by atoms with van der Waals surface area (Å²) in [5.41, 5.74) is 0.652. The van der Waals surface area contributed by atoms with E-state index in [1.54, 1.807) is 12.1 Å². The van der Waals surface area contributed by atoms with Gasteiger partial charge in [-0.05, 0) is 24.3 Å². The Hall–Kier alpha value is -1.62. The highest BCUT2D eigenvalue weighted by Gasteiger charge is 2.14. The predicted octanol–water partition coefficient (Wildman–Crippen LogP) is 3.33. The number of methoxy groups -OCH3 is 1. The van der Waals surface area contributed by atoms with E-state index in [9.17, 15) is 9.59 Å². The molecule has 1 aromatic heterocycles. The van der Waals surface area contributed by atoms with Crippen molar-refractivity contribution in [3.05, 3.63) is 34.5 Å². The van der Waals surface area contributed by atoms with Crippen LogP contribution in [0.2, 0.25) is 0 Å². The standard InChI is InChI=1S/C13H11BrO4/c1-17-13(16)5-3-10(15)12-7-8-6-9(14)2-4-11(8)18-12/h2,4,6-7H,3,5H2,1H3. The zero-order valence-corrected chi connectivity index (χ0v) is 11.3. The molecule has 0 saturated heterocycles. The SMILES string of the molecule is COC(=O)CCC(=O)c1cc2cc(Br)ccc2o1. The summed E-state index contributed by atoms with van der Waals surface area (Å²) in [6.45, 7) is 0. The first-order chi connectivity index (χ1) is 8.60. The minimum absolute atomic E-state index is 0.0655. The van der Waals surface area contributed by atoms with Gasteiger partial charge in [-0.2, -0.15) is 0 Å². The number of hydrogen-bond donors (Lipinski definition) is 0. The second-order valence-electron chi connectivity index (χ2n) is 3.79. The van der Waals surface area contributed by atoms with E-state index in [2.05, 4.69) is 20.7 Å². The van der Waals surface area contributed by atoms with Crippen LogP contribution in [0.4, 0.5) is 0 Å². The molecule has 2 aromatic rings. The van der Waals surface area contributed by atoms with Crippen LogP contribution >= 0.6 is 15.9 Å². The van der Waals surface area contributed by atoms with Gasteiger partial charge < -0.3 is 9.15 Å². The van der Waals surface area contributed by atoms with Crippen LogP contribution < -0.4 is 0 Å². The number of ketones is 1. The first-order valence-corrected chi connectivity index (χ1v) is 6.18. The molecule has 94 valence electrons. The Kier molecular flexibility index (Phi) is 3.81. The van der Waals surface area contributed by atoms with Crippen LogP contribution in [0, 0.1) is 0 Å². The van der Waals surface area contributed by atoms with Crippen LogP contribution in [0.3, 0.4) is 0 Å². The van der Waals surface area contributed by atoms with Gasteiger partial charge in [-0.25, -0.2) is 0 Å². The zero-order chi connectivity index (χ0) is 13.1. The van der Waals surface area contributed by atoms with Gasteiger partial charge >= 0.3 is 5.97 Å². The summed E-state index contributed by atoms with van der Waals surface area (Å²) in [7, 11) is 1.30. The minimum atomic E-state index is -0.401. The molecule has 2 rings (SSSR count). The topological polar surface area (TPSA) is 56.5 Å². The van der Waals surface area contributed by atoms with Crippen LogP contribution in [0.5, 0.6) is 0 Å². The lowest BCUT2D eigenvalue weighted by Gasteiger charge is -1.96. The number of Topliss-reactive ketones (excluding diaryl/α,β-unsaturated/α-hetero) is 1. The maximum atomic E-state index is 11.8. The molecule has 18 heavy (non-hydrogen) atoms. The summed E-state index contributed by atoms with van der Waals surface area (Å²) in [4.78, 5) is 22.8. The van der Waals surface area contributed by atoms with Crippen LogP contribution in [0.1, 0.15) is 23.4 Å². The van der Waals surface area contributed by atoms with Crippen LogP contribution in [0.15, 0.2) is 33.2 Å². The summed E-state index contributed by atoms with van der Waals surface area (Å²) in [5.74, 6) is -0.332. The second-order valence-corrected chi connectivity index (χ2v) is 4.71. The van der Waals surface area contributed by atoms with Crippen molar-refractivity contribution in [2.75, 3.05) is 7.11 Å². The first kappa shape index (κ1) is 12.8. The molecular formula is C13H11BrO4. The van der Waals surface area contributed by atoms with Crippen molar-refractivity contribution >= 4 is 38.7 Å². The van der Waals surface area contributed by atoms with E-state index in [1.165, 1.54) is 7.11 Å². The van der Waals surface area contributed by atoms with Gasteiger partial charge in [-0.15, -0.1) is 0 Å². The lowest BCUT2D eigenvalue weighted by Crippen LogP contribution is -2.05. The third-order valence-electron chi connectivity index (χ3n) is 2.54. The highest BCUT2D eigenvalue weighted by Crippen LogP contribution is 2.24. The summed E-state index contributed by atoms with van der Waals surface area (Å²) in [5, 5.41) is 0.853. The fourth-order valence-corrected chi connectivity index (χ4v) is 1.97. The minimum Gasteiger partial charge on any atom is -0.469 e. The molecule has 0 aliphatic rings. The number of esters is 1. The molecule has 0 N–H and O–H groups in total. The number of carbonyl (C=O) groups excluding carboxylic acids is 2. The molecule has 0 aliphatic carbocycles. The van der Waals surface area contributed by atoms with E-state index in [4.69, 9.17) is 4.42 Å². The molecule has 0 bridgehead atoms. The smallest absolute Gasteiger partial charge is 0.305 e. The Bertz CT molecular complexity index is 600. The maximum absolute atomic E-state index is 11.8. The largest absolute Gasteiger partial charge is 0.469 e. The fraction of sp³-hybridized carbons (Fsp3) is 0.231. The van der Waals surface area contributed by atoms with E-state index in [-0.39, 0.29) is 24.4 Å². The van der Waals surface area contributed by atoms with E-state index < -0.39 is 5.97 Å². The molecule has 1 aromatic carbocycles. The Morgan fingerprint density at radius 2 is 2.06 bits per heavy atom. The number of benzene rings is 1. The van der Waals surface area contributed by atoms with Gasteiger partial charge in [0, 0.05) is 16.3 Å². The highest BCUT2D eigenvalue weighted by molar-refractivity contribution is 9.10. The van der Waals surface area contributed by atoms with Crippen molar-refractivity contribution in [3.63, 3.8) is 0 Å². The van der Waals surface area contributed by atoms with Gasteiger partial charge in [-0.3, -0.25) is 9.59 Å². The lowest BCUT2D eigenvalue weighted by molar-refractivity contribution is -0.140. The summed E-state index contributed by atoms with van der Waals surface area (Å²) < 4.78 is 10.8. The lowest BCUT2D eigenvalue weighted by atomic mass is 10.1. The summed E-state index contributed by atoms with van der Waals surface area (Å²) in [6, 6.07) is 7.18. The van der Waals surface area contributed by atoms with Gasteiger partial charge in [-0.1, -0.05) is 15.9 Å². The third kappa shape index (κ3) is 2.79. The zero-order valence-electron chi connectivity index (χ0n) is 9.73. The van der Waals surface area contributed by atoms with Gasteiger partial charge in [0.05, 0.1) is 13.5 Å². The summed E-state index contributed by atoms with van der Waals surface area (Å²) >= 11 is 3.35. The highest BCUT2D eigenvalue weighted by atomic mass is 79.9. The average Bonchev–Trinajstić information content (AvgIpc) is 2.78. The Labute approximate surface area is 112 Å². The Balaban J connectivity index is 2.15. The number of halogens is 1. The third-order valence-corrected chi connectivity index (χ3v) is 3.03. The van der Waals surface area contributed by atoms with Gasteiger partial charge in [0.2, 0.25) is 0 Å². The van der Waals surface area contributed by atoms with Gasteiger partial charge in [0.1, 0.15) is 5.58 Å². The molecule has 0 saturated carbocycles.